The number of hydrogen-bond donors (Lipinski definition) is 0. The smallest absolute Gasteiger partial charge is 0.0701 e. The van der Waals surface area contributed by atoms with Gasteiger partial charge in [-0.15, -0.1) is 11.3 Å². The summed E-state index contributed by atoms with van der Waals surface area (Å²) in [6.07, 6.45) is 8.53. The van der Waals surface area contributed by atoms with Crippen molar-refractivity contribution in [3.05, 3.63) is 20.8 Å². The van der Waals surface area contributed by atoms with Crippen molar-refractivity contribution in [2.75, 3.05) is 0 Å². The SMILES string of the molecule is Brc1ccc(C(Br)CC2CCCCC2)s1. The summed E-state index contributed by atoms with van der Waals surface area (Å²) in [5, 5.41) is 0. The minimum absolute atomic E-state index is 0.567. The molecule has 1 unspecified atom stereocenters. The first-order valence-corrected chi connectivity index (χ1v) is 8.17. The molecule has 2 rings (SSSR count). The summed E-state index contributed by atoms with van der Waals surface area (Å²) in [7, 11) is 0. The van der Waals surface area contributed by atoms with Crippen LogP contribution in [0.2, 0.25) is 0 Å². The third-order valence-electron chi connectivity index (χ3n) is 3.17. The Kier molecular flexibility index (Phi) is 4.71. The quantitative estimate of drug-likeness (QED) is 0.593. The monoisotopic (exact) mass is 350 g/mol. The molecule has 1 atom stereocenters. The van der Waals surface area contributed by atoms with Crippen molar-refractivity contribution >= 4 is 43.2 Å². The molecule has 0 nitrogen and oxygen atoms in total. The highest BCUT2D eigenvalue weighted by atomic mass is 79.9. The predicted octanol–water partition coefficient (Wildman–Crippen LogP) is 5.92. The largest absolute Gasteiger partial charge is 0.132 e. The molecule has 1 heterocycles. The summed E-state index contributed by atoms with van der Waals surface area (Å²) < 4.78 is 1.24. The van der Waals surface area contributed by atoms with E-state index in [-0.39, 0.29) is 0 Å². The fourth-order valence-corrected chi connectivity index (χ4v) is 4.70. The lowest BCUT2D eigenvalue weighted by Gasteiger charge is -2.23. The number of rotatable bonds is 3. The Morgan fingerprint density at radius 2 is 2.00 bits per heavy atom. The predicted molar refractivity (Wildman–Crippen MR) is 74.9 cm³/mol. The Balaban J connectivity index is 1.88. The van der Waals surface area contributed by atoms with Crippen LogP contribution in [0.5, 0.6) is 0 Å². The van der Waals surface area contributed by atoms with Gasteiger partial charge in [-0.25, -0.2) is 0 Å². The molecule has 1 fully saturated rings. The first-order chi connectivity index (χ1) is 7.25. The maximum atomic E-state index is 3.82. The van der Waals surface area contributed by atoms with E-state index in [4.69, 9.17) is 0 Å². The van der Waals surface area contributed by atoms with Crippen molar-refractivity contribution in [2.24, 2.45) is 5.92 Å². The van der Waals surface area contributed by atoms with Crippen molar-refractivity contribution in [2.45, 2.75) is 43.4 Å². The van der Waals surface area contributed by atoms with Gasteiger partial charge in [0.2, 0.25) is 0 Å². The van der Waals surface area contributed by atoms with Crippen molar-refractivity contribution in [3.63, 3.8) is 0 Å². The molecule has 84 valence electrons. The van der Waals surface area contributed by atoms with Crippen LogP contribution >= 0.6 is 43.2 Å². The number of halogens is 2. The van der Waals surface area contributed by atoms with Crippen molar-refractivity contribution < 1.29 is 0 Å². The fourth-order valence-electron chi connectivity index (χ4n) is 2.33. The lowest BCUT2D eigenvalue weighted by molar-refractivity contribution is 0.339. The third kappa shape index (κ3) is 3.57. The normalized spacial score (nSPS) is 20.4. The summed E-state index contributed by atoms with van der Waals surface area (Å²) in [4.78, 5) is 2.03. The highest BCUT2D eigenvalue weighted by molar-refractivity contribution is 9.11. The van der Waals surface area contributed by atoms with Gasteiger partial charge in [-0.2, -0.15) is 0 Å². The van der Waals surface area contributed by atoms with E-state index in [1.165, 1.54) is 47.2 Å². The Morgan fingerprint density at radius 1 is 1.27 bits per heavy atom. The molecule has 1 aliphatic carbocycles. The second-order valence-electron chi connectivity index (χ2n) is 4.35. The van der Waals surface area contributed by atoms with E-state index in [0.29, 0.717) is 4.83 Å². The fraction of sp³-hybridized carbons (Fsp3) is 0.667. The molecule has 1 saturated carbocycles. The van der Waals surface area contributed by atoms with Crippen LogP contribution in [0.1, 0.15) is 48.2 Å². The highest BCUT2D eigenvalue weighted by Gasteiger charge is 2.19. The second-order valence-corrected chi connectivity index (χ2v) is 7.95. The average molecular weight is 352 g/mol. The van der Waals surface area contributed by atoms with E-state index in [9.17, 15) is 0 Å². The molecule has 15 heavy (non-hydrogen) atoms. The van der Waals surface area contributed by atoms with Gasteiger partial charge in [0, 0.05) is 9.70 Å². The van der Waals surface area contributed by atoms with Gasteiger partial charge in [0.15, 0.2) is 0 Å². The van der Waals surface area contributed by atoms with Crippen LogP contribution < -0.4 is 0 Å². The maximum Gasteiger partial charge on any atom is 0.0701 e. The average Bonchev–Trinajstić information content (AvgIpc) is 2.66. The molecule has 0 N–H and O–H groups in total. The molecule has 3 heteroatoms. The molecular weight excluding hydrogens is 336 g/mol. The molecule has 0 amide bonds. The topological polar surface area (TPSA) is 0 Å². The Labute approximate surface area is 113 Å². The van der Waals surface area contributed by atoms with E-state index in [1.807, 2.05) is 11.3 Å². The zero-order chi connectivity index (χ0) is 10.7. The first kappa shape index (κ1) is 12.1. The Morgan fingerprint density at radius 3 is 2.60 bits per heavy atom. The molecule has 1 aromatic rings. The molecular formula is C12H16Br2S. The zero-order valence-corrected chi connectivity index (χ0v) is 12.7. The number of thiophene rings is 1. The van der Waals surface area contributed by atoms with Crippen molar-refractivity contribution in [3.8, 4) is 0 Å². The minimum Gasteiger partial charge on any atom is -0.132 e. The standard InChI is InChI=1S/C12H16Br2S/c13-10(11-6-7-12(14)15-11)8-9-4-2-1-3-5-9/h6-7,9-10H,1-5,8H2. The summed E-state index contributed by atoms with van der Waals surface area (Å²) in [6, 6.07) is 4.38. The molecule has 0 spiro atoms. The van der Waals surface area contributed by atoms with E-state index in [2.05, 4.69) is 44.0 Å². The summed E-state index contributed by atoms with van der Waals surface area (Å²) in [5.74, 6) is 0.948. The highest BCUT2D eigenvalue weighted by Crippen LogP contribution is 2.39. The summed E-state index contributed by atoms with van der Waals surface area (Å²) >= 11 is 9.20. The van der Waals surface area contributed by atoms with Gasteiger partial charge in [0.1, 0.15) is 0 Å². The van der Waals surface area contributed by atoms with Gasteiger partial charge in [-0.3, -0.25) is 0 Å². The van der Waals surface area contributed by atoms with Gasteiger partial charge >= 0.3 is 0 Å². The molecule has 0 bridgehead atoms. The third-order valence-corrected chi connectivity index (χ3v) is 6.08. The van der Waals surface area contributed by atoms with Gasteiger partial charge in [0.25, 0.3) is 0 Å². The van der Waals surface area contributed by atoms with E-state index >= 15 is 0 Å². The Bertz CT molecular complexity index is 302. The van der Waals surface area contributed by atoms with Crippen LogP contribution in [0, 0.1) is 5.92 Å². The van der Waals surface area contributed by atoms with E-state index in [1.54, 1.807) is 0 Å². The van der Waals surface area contributed by atoms with E-state index < -0.39 is 0 Å². The van der Waals surface area contributed by atoms with Crippen molar-refractivity contribution in [1.82, 2.24) is 0 Å². The van der Waals surface area contributed by atoms with Crippen LogP contribution in [0.4, 0.5) is 0 Å². The summed E-state index contributed by atoms with van der Waals surface area (Å²) in [5.41, 5.74) is 0. The lowest BCUT2D eigenvalue weighted by Crippen LogP contribution is -2.08. The van der Waals surface area contributed by atoms with Crippen LogP contribution in [-0.2, 0) is 0 Å². The number of alkyl halides is 1. The molecule has 0 radical (unpaired) electrons. The number of hydrogen-bond acceptors (Lipinski definition) is 1. The molecule has 1 aromatic heterocycles. The molecule has 0 saturated heterocycles. The van der Waals surface area contributed by atoms with Gasteiger partial charge in [-0.05, 0) is 40.4 Å². The van der Waals surface area contributed by atoms with Gasteiger partial charge < -0.3 is 0 Å². The Hall–Kier alpha value is 0.660. The lowest BCUT2D eigenvalue weighted by atomic mass is 9.86. The zero-order valence-electron chi connectivity index (χ0n) is 8.72. The first-order valence-electron chi connectivity index (χ1n) is 5.65. The van der Waals surface area contributed by atoms with Gasteiger partial charge in [0.05, 0.1) is 3.79 Å². The second kappa shape index (κ2) is 5.83. The van der Waals surface area contributed by atoms with Gasteiger partial charge in [-0.1, -0.05) is 48.0 Å². The maximum absolute atomic E-state index is 3.82. The van der Waals surface area contributed by atoms with Crippen LogP contribution in [0.15, 0.2) is 15.9 Å². The van der Waals surface area contributed by atoms with Crippen LogP contribution in [0.3, 0.4) is 0 Å². The minimum atomic E-state index is 0.567. The molecule has 0 aliphatic heterocycles. The van der Waals surface area contributed by atoms with Crippen LogP contribution in [-0.4, -0.2) is 0 Å². The molecule has 0 aromatic carbocycles. The van der Waals surface area contributed by atoms with E-state index in [0.717, 1.165) is 5.92 Å². The molecule has 1 aliphatic rings. The van der Waals surface area contributed by atoms with Crippen LogP contribution in [0.25, 0.3) is 0 Å². The van der Waals surface area contributed by atoms with Crippen molar-refractivity contribution in [1.29, 1.82) is 0 Å². The summed E-state index contributed by atoms with van der Waals surface area (Å²) in [6.45, 7) is 0.